The highest BCUT2D eigenvalue weighted by atomic mass is 16.1. The van der Waals surface area contributed by atoms with Gasteiger partial charge in [0.15, 0.2) is 0 Å². The summed E-state index contributed by atoms with van der Waals surface area (Å²) in [5, 5.41) is 3.18. The maximum atomic E-state index is 11.5. The number of nitrogens with one attached hydrogen (secondary N) is 1. The first-order valence-corrected chi connectivity index (χ1v) is 6.48. The lowest BCUT2D eigenvalue weighted by atomic mass is 10.0. The maximum Gasteiger partial charge on any atom is 0.240 e. The zero-order valence-corrected chi connectivity index (χ0v) is 10.7. The molecule has 98 valence electrons. The molecule has 0 bridgehead atoms. The Balaban J connectivity index is 2.22. The van der Waals surface area contributed by atoms with Crippen LogP contribution in [0.3, 0.4) is 0 Å². The molecule has 5 nitrogen and oxygen atoms in total. The Morgan fingerprint density at radius 2 is 2.44 bits per heavy atom. The first kappa shape index (κ1) is 12.7. The van der Waals surface area contributed by atoms with Crippen LogP contribution in [0.5, 0.6) is 0 Å². The van der Waals surface area contributed by atoms with Gasteiger partial charge in [-0.2, -0.15) is 0 Å². The quantitative estimate of drug-likeness (QED) is 0.844. The van der Waals surface area contributed by atoms with Crippen LogP contribution in [0.25, 0.3) is 0 Å². The number of aromatic nitrogens is 1. The predicted octanol–water partition coefficient (Wildman–Crippen LogP) is 1.36. The van der Waals surface area contributed by atoms with Crippen molar-refractivity contribution in [2.24, 2.45) is 5.73 Å². The number of piperidine rings is 1. The van der Waals surface area contributed by atoms with E-state index in [1.165, 1.54) is 0 Å². The van der Waals surface area contributed by atoms with Gasteiger partial charge < -0.3 is 16.0 Å². The van der Waals surface area contributed by atoms with Gasteiger partial charge in [-0.25, -0.2) is 4.98 Å². The van der Waals surface area contributed by atoms with Crippen molar-refractivity contribution in [3.05, 3.63) is 18.3 Å². The van der Waals surface area contributed by atoms with E-state index >= 15 is 0 Å². The van der Waals surface area contributed by atoms with Gasteiger partial charge in [0.05, 0.1) is 0 Å². The maximum absolute atomic E-state index is 11.5. The molecule has 1 fully saturated rings. The molecule has 1 saturated heterocycles. The van der Waals surface area contributed by atoms with Crippen LogP contribution in [0.1, 0.15) is 26.2 Å². The summed E-state index contributed by atoms with van der Waals surface area (Å²) in [6, 6.07) is 3.72. The van der Waals surface area contributed by atoms with Crippen molar-refractivity contribution in [1.82, 2.24) is 4.98 Å². The Morgan fingerprint density at radius 3 is 3.17 bits per heavy atom. The molecule has 0 saturated carbocycles. The van der Waals surface area contributed by atoms with E-state index in [2.05, 4.69) is 15.2 Å². The Kier molecular flexibility index (Phi) is 4.02. The van der Waals surface area contributed by atoms with E-state index in [0.717, 1.165) is 43.9 Å². The number of carbonyl (C=O) groups is 1. The number of carbonyl (C=O) groups excluding carboxylic acids is 1. The number of amides is 1. The van der Waals surface area contributed by atoms with Gasteiger partial charge in [-0.1, -0.05) is 0 Å². The summed E-state index contributed by atoms with van der Waals surface area (Å²) in [7, 11) is 0. The van der Waals surface area contributed by atoms with Gasteiger partial charge in [-0.05, 0) is 32.3 Å². The largest absolute Gasteiger partial charge is 0.370 e. The van der Waals surface area contributed by atoms with Gasteiger partial charge in [0.25, 0.3) is 0 Å². The molecule has 0 spiro atoms. The van der Waals surface area contributed by atoms with Crippen LogP contribution in [0.4, 0.5) is 11.5 Å². The molecule has 0 radical (unpaired) electrons. The topological polar surface area (TPSA) is 71.2 Å². The third kappa shape index (κ3) is 2.72. The zero-order chi connectivity index (χ0) is 13.0. The lowest BCUT2D eigenvalue weighted by Gasteiger charge is -2.35. The van der Waals surface area contributed by atoms with Crippen LogP contribution in [0.15, 0.2) is 18.3 Å². The monoisotopic (exact) mass is 248 g/mol. The lowest BCUT2D eigenvalue weighted by Crippen LogP contribution is -2.47. The van der Waals surface area contributed by atoms with Crippen molar-refractivity contribution >= 4 is 17.4 Å². The van der Waals surface area contributed by atoms with E-state index in [4.69, 9.17) is 5.73 Å². The molecule has 0 aliphatic carbocycles. The lowest BCUT2D eigenvalue weighted by molar-refractivity contribution is -0.119. The fraction of sp³-hybridized carbons (Fsp3) is 0.538. The van der Waals surface area contributed by atoms with E-state index in [-0.39, 0.29) is 11.9 Å². The highest BCUT2D eigenvalue weighted by molar-refractivity contribution is 5.84. The van der Waals surface area contributed by atoms with Crippen LogP contribution in [0, 0.1) is 0 Å². The fourth-order valence-electron chi connectivity index (χ4n) is 2.41. The molecular weight excluding hydrogens is 228 g/mol. The normalized spacial score (nSPS) is 19.6. The van der Waals surface area contributed by atoms with Crippen LogP contribution < -0.4 is 16.0 Å². The molecule has 3 N–H and O–H groups in total. The summed E-state index contributed by atoms with van der Waals surface area (Å²) in [5.41, 5.74) is 6.50. The minimum absolute atomic E-state index is 0.185. The van der Waals surface area contributed by atoms with Crippen molar-refractivity contribution in [2.75, 3.05) is 23.3 Å². The molecule has 2 rings (SSSR count). The number of nitrogens with two attached hydrogens (primary N) is 1. The Labute approximate surface area is 107 Å². The third-order valence-corrected chi connectivity index (χ3v) is 3.26. The van der Waals surface area contributed by atoms with Gasteiger partial charge in [-0.3, -0.25) is 4.79 Å². The second-order valence-electron chi connectivity index (χ2n) is 4.54. The number of hydrogen-bond donors (Lipinski definition) is 2. The molecule has 1 aromatic rings. The van der Waals surface area contributed by atoms with Crippen LogP contribution in [0.2, 0.25) is 0 Å². The Morgan fingerprint density at radius 1 is 1.61 bits per heavy atom. The van der Waals surface area contributed by atoms with E-state index in [0.29, 0.717) is 0 Å². The molecule has 1 aliphatic heterocycles. The third-order valence-electron chi connectivity index (χ3n) is 3.26. The highest BCUT2D eigenvalue weighted by Gasteiger charge is 2.27. The van der Waals surface area contributed by atoms with Crippen LogP contribution >= 0.6 is 0 Å². The second kappa shape index (κ2) is 5.71. The Bertz CT molecular complexity index is 421. The van der Waals surface area contributed by atoms with E-state index < -0.39 is 0 Å². The second-order valence-corrected chi connectivity index (χ2v) is 4.54. The fourth-order valence-corrected chi connectivity index (χ4v) is 2.41. The minimum atomic E-state index is -0.239. The molecule has 18 heavy (non-hydrogen) atoms. The van der Waals surface area contributed by atoms with E-state index in [1.54, 1.807) is 6.20 Å². The van der Waals surface area contributed by atoms with Gasteiger partial charge in [0.1, 0.15) is 11.9 Å². The number of nitrogens with zero attached hydrogens (tertiary/aromatic N) is 2. The summed E-state index contributed by atoms with van der Waals surface area (Å²) in [6.45, 7) is 3.74. The van der Waals surface area contributed by atoms with Crippen molar-refractivity contribution in [3.63, 3.8) is 0 Å². The molecule has 1 amide bonds. The molecule has 1 unspecified atom stereocenters. The van der Waals surface area contributed by atoms with Gasteiger partial charge in [0, 0.05) is 31.0 Å². The first-order chi connectivity index (χ1) is 8.72. The summed E-state index contributed by atoms with van der Waals surface area (Å²) >= 11 is 0. The smallest absolute Gasteiger partial charge is 0.240 e. The SMILES string of the molecule is CCNc1cc(N2CCCCC2C(N)=O)ccn1. The van der Waals surface area contributed by atoms with Crippen molar-refractivity contribution in [1.29, 1.82) is 0 Å². The van der Waals surface area contributed by atoms with Crippen LogP contribution in [-0.2, 0) is 4.79 Å². The molecule has 1 atom stereocenters. The molecular formula is C13H20N4O. The molecule has 1 aromatic heterocycles. The van der Waals surface area contributed by atoms with Crippen molar-refractivity contribution in [2.45, 2.75) is 32.2 Å². The number of pyridine rings is 1. The number of hydrogen-bond acceptors (Lipinski definition) is 4. The van der Waals surface area contributed by atoms with Crippen molar-refractivity contribution < 1.29 is 4.79 Å². The molecule has 0 aromatic carbocycles. The standard InChI is InChI=1S/C13H20N4O/c1-2-15-12-9-10(6-7-16-12)17-8-4-3-5-11(17)13(14)18/h6-7,9,11H,2-5,8H2,1H3,(H2,14,18)(H,15,16). The number of rotatable bonds is 4. The van der Waals surface area contributed by atoms with E-state index in [9.17, 15) is 4.79 Å². The van der Waals surface area contributed by atoms with Gasteiger partial charge in [-0.15, -0.1) is 0 Å². The van der Waals surface area contributed by atoms with Gasteiger partial charge in [0.2, 0.25) is 5.91 Å². The number of primary amides is 1. The number of anilines is 2. The molecule has 2 heterocycles. The predicted molar refractivity (Wildman–Crippen MR) is 72.6 cm³/mol. The summed E-state index contributed by atoms with van der Waals surface area (Å²) in [5.74, 6) is 0.598. The summed E-state index contributed by atoms with van der Waals surface area (Å²) in [4.78, 5) is 17.8. The van der Waals surface area contributed by atoms with Crippen LogP contribution in [-0.4, -0.2) is 30.0 Å². The van der Waals surface area contributed by atoms with Gasteiger partial charge >= 0.3 is 0 Å². The van der Waals surface area contributed by atoms with E-state index in [1.807, 2.05) is 19.1 Å². The summed E-state index contributed by atoms with van der Waals surface area (Å²) < 4.78 is 0. The molecule has 5 heteroatoms. The Hall–Kier alpha value is -1.78. The zero-order valence-electron chi connectivity index (χ0n) is 10.7. The average molecular weight is 248 g/mol. The highest BCUT2D eigenvalue weighted by Crippen LogP contribution is 2.25. The summed E-state index contributed by atoms with van der Waals surface area (Å²) in [6.07, 6.45) is 4.77. The first-order valence-electron chi connectivity index (χ1n) is 6.48. The average Bonchev–Trinajstić information content (AvgIpc) is 2.39. The van der Waals surface area contributed by atoms with Crippen molar-refractivity contribution in [3.8, 4) is 0 Å². The minimum Gasteiger partial charge on any atom is -0.370 e. The molecule has 1 aliphatic rings.